The number of rotatable bonds is 8. The zero-order valence-corrected chi connectivity index (χ0v) is 13.1. The lowest BCUT2D eigenvalue weighted by Crippen LogP contribution is -2.18. The Balaban J connectivity index is 2.06. The third kappa shape index (κ3) is 4.60. The number of hydrogen-bond donors (Lipinski definition) is 0. The molecular weight excluding hydrogens is 348 g/mol. The highest BCUT2D eigenvalue weighted by atomic mass is 16.6. The zero-order chi connectivity index (χ0) is 19.1. The Morgan fingerprint density at radius 1 is 0.962 bits per heavy atom. The molecule has 0 heterocycles. The fourth-order valence-electron chi connectivity index (χ4n) is 2.04. The lowest BCUT2D eigenvalue weighted by molar-refractivity contribution is -0.385. The summed E-state index contributed by atoms with van der Waals surface area (Å²) in [6.45, 7) is -0.123. The number of nitro groups is 2. The molecule has 10 heteroatoms. The minimum atomic E-state index is -1.38. The maximum Gasteiger partial charge on any atom is 0.352 e. The molecule has 0 saturated heterocycles. The summed E-state index contributed by atoms with van der Waals surface area (Å²) in [6.07, 6.45) is -1.38. The highest BCUT2D eigenvalue weighted by Gasteiger charge is 2.24. The Morgan fingerprint density at radius 2 is 1.46 bits per heavy atom. The molecule has 10 nitrogen and oxygen atoms in total. The SMILES string of the molecule is O=COC(C(=O)OCc1ccc([N+](=O)[O-])cc1)c1ccc([N+](=O)[O-])cc1. The van der Waals surface area contributed by atoms with Gasteiger partial charge in [-0.2, -0.15) is 0 Å². The van der Waals surface area contributed by atoms with Gasteiger partial charge in [0.1, 0.15) is 6.61 Å². The van der Waals surface area contributed by atoms with Gasteiger partial charge in [-0.3, -0.25) is 25.0 Å². The van der Waals surface area contributed by atoms with Crippen LogP contribution in [0.15, 0.2) is 48.5 Å². The van der Waals surface area contributed by atoms with Crippen molar-refractivity contribution in [1.82, 2.24) is 0 Å². The van der Waals surface area contributed by atoms with Crippen molar-refractivity contribution in [1.29, 1.82) is 0 Å². The van der Waals surface area contributed by atoms with Crippen LogP contribution in [0.1, 0.15) is 17.2 Å². The summed E-state index contributed by atoms with van der Waals surface area (Å²) in [4.78, 5) is 42.9. The average Bonchev–Trinajstić information content (AvgIpc) is 2.64. The second kappa shape index (κ2) is 8.33. The van der Waals surface area contributed by atoms with Crippen molar-refractivity contribution >= 4 is 23.8 Å². The first-order valence-electron chi connectivity index (χ1n) is 7.16. The fraction of sp³-hybridized carbons (Fsp3) is 0.125. The van der Waals surface area contributed by atoms with Crippen molar-refractivity contribution in [3.05, 3.63) is 79.9 Å². The molecule has 0 aliphatic carbocycles. The zero-order valence-electron chi connectivity index (χ0n) is 13.1. The largest absolute Gasteiger partial charge is 0.458 e. The van der Waals surface area contributed by atoms with E-state index in [1.165, 1.54) is 48.5 Å². The summed E-state index contributed by atoms with van der Waals surface area (Å²) in [5.41, 5.74) is 0.417. The molecule has 2 rings (SSSR count). The van der Waals surface area contributed by atoms with Crippen molar-refractivity contribution in [3.63, 3.8) is 0 Å². The van der Waals surface area contributed by atoms with Crippen molar-refractivity contribution in [2.75, 3.05) is 0 Å². The number of hydrogen-bond acceptors (Lipinski definition) is 8. The molecule has 134 valence electrons. The lowest BCUT2D eigenvalue weighted by Gasteiger charge is -2.14. The molecule has 1 atom stereocenters. The van der Waals surface area contributed by atoms with Gasteiger partial charge in [0.2, 0.25) is 6.10 Å². The molecule has 0 radical (unpaired) electrons. The van der Waals surface area contributed by atoms with Crippen LogP contribution in [0.4, 0.5) is 11.4 Å². The quantitative estimate of drug-likeness (QED) is 0.303. The molecule has 0 bridgehead atoms. The van der Waals surface area contributed by atoms with Crippen LogP contribution in [0, 0.1) is 20.2 Å². The van der Waals surface area contributed by atoms with Crippen LogP contribution in [0.25, 0.3) is 0 Å². The van der Waals surface area contributed by atoms with Crippen LogP contribution in [0.3, 0.4) is 0 Å². The first-order valence-corrected chi connectivity index (χ1v) is 7.16. The summed E-state index contributed by atoms with van der Waals surface area (Å²) < 4.78 is 9.76. The summed E-state index contributed by atoms with van der Waals surface area (Å²) in [5, 5.41) is 21.2. The first-order chi connectivity index (χ1) is 12.4. The topological polar surface area (TPSA) is 139 Å². The van der Waals surface area contributed by atoms with Crippen LogP contribution >= 0.6 is 0 Å². The number of ether oxygens (including phenoxy) is 2. The molecule has 0 N–H and O–H groups in total. The molecule has 0 fully saturated rings. The van der Waals surface area contributed by atoms with Crippen LogP contribution in [0.5, 0.6) is 0 Å². The van der Waals surface area contributed by atoms with Crippen molar-refractivity contribution < 1.29 is 28.9 Å². The highest BCUT2D eigenvalue weighted by Crippen LogP contribution is 2.22. The second-order valence-corrected chi connectivity index (χ2v) is 4.99. The normalized spacial score (nSPS) is 11.2. The monoisotopic (exact) mass is 360 g/mol. The van der Waals surface area contributed by atoms with E-state index in [0.29, 0.717) is 5.56 Å². The van der Waals surface area contributed by atoms with Gasteiger partial charge in [-0.05, 0) is 29.8 Å². The number of nitrogens with zero attached hydrogens (tertiary/aromatic N) is 2. The van der Waals surface area contributed by atoms with Gasteiger partial charge in [0, 0.05) is 29.8 Å². The van der Waals surface area contributed by atoms with Gasteiger partial charge in [-0.1, -0.05) is 0 Å². The predicted octanol–water partition coefficient (Wildman–Crippen LogP) is 2.46. The number of carbonyl (C=O) groups is 2. The molecule has 0 amide bonds. The van der Waals surface area contributed by atoms with Crippen molar-refractivity contribution in [2.45, 2.75) is 12.7 Å². The van der Waals surface area contributed by atoms with E-state index in [0.717, 1.165) is 0 Å². The molecule has 1 unspecified atom stereocenters. The van der Waals surface area contributed by atoms with Crippen molar-refractivity contribution in [2.24, 2.45) is 0 Å². The standard InChI is InChI=1S/C16H12N2O8/c19-10-26-15(12-3-7-14(8-4-12)18(23)24)16(20)25-9-11-1-5-13(6-2-11)17(21)22/h1-8,10,15H,9H2. The van der Waals surface area contributed by atoms with Gasteiger partial charge in [0.05, 0.1) is 9.85 Å². The molecule has 26 heavy (non-hydrogen) atoms. The molecule has 0 saturated carbocycles. The molecule has 0 aliphatic heterocycles. The number of carbonyl (C=O) groups excluding carboxylic acids is 2. The van der Waals surface area contributed by atoms with E-state index in [1.807, 2.05) is 0 Å². The maximum absolute atomic E-state index is 12.2. The number of non-ortho nitro benzene ring substituents is 2. The second-order valence-electron chi connectivity index (χ2n) is 4.99. The van der Waals surface area contributed by atoms with Gasteiger partial charge >= 0.3 is 5.97 Å². The fourth-order valence-corrected chi connectivity index (χ4v) is 2.04. The Hall–Kier alpha value is -3.82. The molecule has 0 aliphatic rings. The van der Waals surface area contributed by atoms with E-state index in [2.05, 4.69) is 0 Å². The van der Waals surface area contributed by atoms with Crippen LogP contribution in [-0.2, 0) is 25.7 Å². The minimum Gasteiger partial charge on any atom is -0.458 e. The molecule has 0 spiro atoms. The Kier molecular flexibility index (Phi) is 5.93. The molecular formula is C16H12N2O8. The number of esters is 1. The van der Waals surface area contributed by atoms with E-state index in [4.69, 9.17) is 9.47 Å². The highest BCUT2D eigenvalue weighted by molar-refractivity contribution is 5.77. The Bertz CT molecular complexity index is 817. The van der Waals surface area contributed by atoms with Gasteiger partial charge in [-0.25, -0.2) is 4.79 Å². The van der Waals surface area contributed by atoms with Crippen molar-refractivity contribution in [3.8, 4) is 0 Å². The van der Waals surface area contributed by atoms with E-state index in [9.17, 15) is 29.8 Å². The van der Waals surface area contributed by atoms with E-state index in [-0.39, 0.29) is 30.0 Å². The predicted molar refractivity (Wildman–Crippen MR) is 85.9 cm³/mol. The molecule has 2 aromatic rings. The number of benzene rings is 2. The Labute approximate surface area is 146 Å². The third-order valence-electron chi connectivity index (χ3n) is 3.34. The average molecular weight is 360 g/mol. The summed E-state index contributed by atoms with van der Waals surface area (Å²) in [5.74, 6) is -0.885. The van der Waals surface area contributed by atoms with Gasteiger partial charge < -0.3 is 9.47 Å². The van der Waals surface area contributed by atoms with Gasteiger partial charge in [-0.15, -0.1) is 0 Å². The maximum atomic E-state index is 12.2. The Morgan fingerprint density at radius 3 is 1.92 bits per heavy atom. The van der Waals surface area contributed by atoms with Crippen LogP contribution in [-0.4, -0.2) is 22.3 Å². The van der Waals surface area contributed by atoms with E-state index >= 15 is 0 Å². The van der Waals surface area contributed by atoms with Gasteiger partial charge in [0.25, 0.3) is 17.8 Å². The molecule has 0 aromatic heterocycles. The number of nitro benzene ring substituents is 2. The summed E-state index contributed by atoms with van der Waals surface area (Å²) in [7, 11) is 0. The lowest BCUT2D eigenvalue weighted by atomic mass is 10.1. The summed E-state index contributed by atoms with van der Waals surface area (Å²) >= 11 is 0. The van der Waals surface area contributed by atoms with E-state index in [1.54, 1.807) is 0 Å². The van der Waals surface area contributed by atoms with Crippen LogP contribution in [0.2, 0.25) is 0 Å². The van der Waals surface area contributed by atoms with E-state index < -0.39 is 21.9 Å². The minimum absolute atomic E-state index is 0.0687. The smallest absolute Gasteiger partial charge is 0.352 e. The van der Waals surface area contributed by atoms with Crippen LogP contribution < -0.4 is 0 Å². The first kappa shape index (κ1) is 18.5. The third-order valence-corrected chi connectivity index (χ3v) is 3.34. The summed E-state index contributed by atoms with van der Waals surface area (Å²) in [6, 6.07) is 10.3. The molecule has 2 aromatic carbocycles. The van der Waals surface area contributed by atoms with Gasteiger partial charge in [0.15, 0.2) is 0 Å².